The highest BCUT2D eigenvalue weighted by Gasteiger charge is 2.15. The first kappa shape index (κ1) is 12.9. The Morgan fingerprint density at radius 3 is 2.72 bits per heavy atom. The second-order valence-corrected chi connectivity index (χ2v) is 4.37. The average Bonchev–Trinajstić information content (AvgIpc) is 2.64. The van der Waals surface area contributed by atoms with Crippen LogP contribution in [-0.4, -0.2) is 16.9 Å². The van der Waals surface area contributed by atoms with E-state index >= 15 is 0 Å². The molecule has 0 atom stereocenters. The summed E-state index contributed by atoms with van der Waals surface area (Å²) >= 11 is 5.97. The maximum absolute atomic E-state index is 14.2. The van der Waals surface area contributed by atoms with Crippen LogP contribution in [-0.2, 0) is 18.4 Å². The number of aryl methyl sites for hydroxylation is 1. The molecule has 2 N–H and O–H groups in total. The number of rotatable bonds is 3. The molecule has 0 amide bonds. The van der Waals surface area contributed by atoms with Crippen LogP contribution in [0.1, 0.15) is 5.56 Å². The fraction of sp³-hybridized carbons (Fsp3) is 0.250. The molecule has 0 fully saturated rings. The minimum atomic E-state index is -0.389. The van der Waals surface area contributed by atoms with Gasteiger partial charge in [-0.1, -0.05) is 11.6 Å². The van der Waals surface area contributed by atoms with Crippen molar-refractivity contribution in [2.75, 3.05) is 12.8 Å². The molecule has 6 heteroatoms. The van der Waals surface area contributed by atoms with E-state index in [1.165, 1.54) is 23.9 Å². The van der Waals surface area contributed by atoms with Gasteiger partial charge in [0.25, 0.3) is 0 Å². The van der Waals surface area contributed by atoms with Crippen molar-refractivity contribution in [1.29, 1.82) is 0 Å². The molecule has 4 nitrogen and oxygen atoms in total. The van der Waals surface area contributed by atoms with Crippen LogP contribution in [0.3, 0.4) is 0 Å². The molecular weight excluding hydrogens is 257 g/mol. The van der Waals surface area contributed by atoms with Crippen molar-refractivity contribution >= 4 is 17.4 Å². The van der Waals surface area contributed by atoms with E-state index in [4.69, 9.17) is 22.1 Å². The third kappa shape index (κ3) is 2.32. The first-order chi connectivity index (χ1) is 8.52. The van der Waals surface area contributed by atoms with Gasteiger partial charge in [-0.15, -0.1) is 0 Å². The first-order valence-corrected chi connectivity index (χ1v) is 5.67. The lowest BCUT2D eigenvalue weighted by Crippen LogP contribution is -1.98. The van der Waals surface area contributed by atoms with E-state index in [0.29, 0.717) is 27.7 Å². The van der Waals surface area contributed by atoms with Crippen LogP contribution < -0.4 is 5.73 Å². The van der Waals surface area contributed by atoms with Crippen molar-refractivity contribution in [1.82, 2.24) is 9.78 Å². The molecule has 1 aromatic heterocycles. The molecule has 0 radical (unpaired) electrons. The molecular formula is C12H13ClFN3O. The Kier molecular flexibility index (Phi) is 3.54. The highest BCUT2D eigenvalue weighted by molar-refractivity contribution is 6.31. The predicted molar refractivity (Wildman–Crippen MR) is 68.7 cm³/mol. The fourth-order valence-electron chi connectivity index (χ4n) is 1.71. The monoisotopic (exact) mass is 269 g/mol. The standard InChI is InChI=1S/C12H13ClFN3O/c1-17-11(15)5-10(16-17)9-4-8(13)3-7(6-18-2)12(9)14/h3-5H,6,15H2,1-2H3. The highest BCUT2D eigenvalue weighted by Crippen LogP contribution is 2.29. The van der Waals surface area contributed by atoms with Gasteiger partial charge in [-0.05, 0) is 12.1 Å². The minimum Gasteiger partial charge on any atom is -0.384 e. The summed E-state index contributed by atoms with van der Waals surface area (Å²) in [6.07, 6.45) is 0. The van der Waals surface area contributed by atoms with Crippen LogP contribution in [0.15, 0.2) is 18.2 Å². The lowest BCUT2D eigenvalue weighted by Gasteiger charge is -2.07. The lowest BCUT2D eigenvalue weighted by molar-refractivity contribution is 0.181. The van der Waals surface area contributed by atoms with Gasteiger partial charge in [0.15, 0.2) is 0 Å². The van der Waals surface area contributed by atoms with Gasteiger partial charge in [-0.3, -0.25) is 4.68 Å². The number of benzene rings is 1. The third-order valence-electron chi connectivity index (χ3n) is 2.60. The molecule has 0 unspecified atom stereocenters. The average molecular weight is 270 g/mol. The molecule has 0 saturated heterocycles. The van der Waals surface area contributed by atoms with Gasteiger partial charge in [0.2, 0.25) is 0 Å². The quantitative estimate of drug-likeness (QED) is 0.932. The summed E-state index contributed by atoms with van der Waals surface area (Å²) in [6, 6.07) is 4.67. The summed E-state index contributed by atoms with van der Waals surface area (Å²) < 4.78 is 20.6. The smallest absolute Gasteiger partial charge is 0.138 e. The number of methoxy groups -OCH3 is 1. The van der Waals surface area contributed by atoms with E-state index in [9.17, 15) is 4.39 Å². The van der Waals surface area contributed by atoms with E-state index in [0.717, 1.165) is 0 Å². The summed E-state index contributed by atoms with van der Waals surface area (Å²) in [7, 11) is 3.19. The van der Waals surface area contributed by atoms with E-state index < -0.39 is 0 Å². The zero-order valence-corrected chi connectivity index (χ0v) is 10.8. The number of ether oxygens (including phenoxy) is 1. The van der Waals surface area contributed by atoms with Crippen LogP contribution in [0, 0.1) is 5.82 Å². The van der Waals surface area contributed by atoms with Gasteiger partial charge in [-0.25, -0.2) is 4.39 Å². The van der Waals surface area contributed by atoms with Crippen LogP contribution >= 0.6 is 11.6 Å². The van der Waals surface area contributed by atoms with Gasteiger partial charge in [-0.2, -0.15) is 5.10 Å². The van der Waals surface area contributed by atoms with Crippen molar-refractivity contribution in [3.8, 4) is 11.3 Å². The Morgan fingerprint density at radius 2 is 2.17 bits per heavy atom. The number of anilines is 1. The molecule has 2 rings (SSSR count). The molecule has 0 spiro atoms. The number of aromatic nitrogens is 2. The second-order valence-electron chi connectivity index (χ2n) is 3.94. The largest absolute Gasteiger partial charge is 0.384 e. The zero-order chi connectivity index (χ0) is 13.3. The molecule has 96 valence electrons. The molecule has 1 aromatic carbocycles. The number of nitrogens with two attached hydrogens (primary N) is 1. The summed E-state index contributed by atoms with van der Waals surface area (Å²) in [5, 5.41) is 4.57. The van der Waals surface area contributed by atoms with Crippen LogP contribution in [0.4, 0.5) is 10.2 Å². The van der Waals surface area contributed by atoms with Crippen molar-refractivity contribution in [3.05, 3.63) is 34.6 Å². The maximum atomic E-state index is 14.2. The van der Waals surface area contributed by atoms with E-state index in [1.807, 2.05) is 0 Å². The highest BCUT2D eigenvalue weighted by atomic mass is 35.5. The number of hydrogen-bond acceptors (Lipinski definition) is 3. The second kappa shape index (κ2) is 4.96. The topological polar surface area (TPSA) is 53.1 Å². The summed E-state index contributed by atoms with van der Waals surface area (Å²) in [5.74, 6) is 0.0667. The van der Waals surface area contributed by atoms with E-state index in [2.05, 4.69) is 5.10 Å². The molecule has 0 aliphatic carbocycles. The first-order valence-electron chi connectivity index (χ1n) is 5.29. The van der Waals surface area contributed by atoms with Gasteiger partial charge >= 0.3 is 0 Å². The number of hydrogen-bond donors (Lipinski definition) is 1. The van der Waals surface area contributed by atoms with E-state index in [1.54, 1.807) is 13.1 Å². The van der Waals surface area contributed by atoms with Gasteiger partial charge < -0.3 is 10.5 Å². The maximum Gasteiger partial charge on any atom is 0.138 e. The number of nitrogen functional groups attached to an aromatic ring is 1. The summed E-state index contributed by atoms with van der Waals surface area (Å²) in [6.45, 7) is 0.154. The number of halogens is 2. The summed E-state index contributed by atoms with van der Waals surface area (Å²) in [4.78, 5) is 0. The zero-order valence-electron chi connectivity index (χ0n) is 10.1. The molecule has 2 aromatic rings. The summed E-state index contributed by atoms with van der Waals surface area (Å²) in [5.41, 5.74) is 6.85. The van der Waals surface area contributed by atoms with Gasteiger partial charge in [0.05, 0.1) is 12.3 Å². The van der Waals surface area contributed by atoms with Crippen molar-refractivity contribution < 1.29 is 9.13 Å². The van der Waals surface area contributed by atoms with Gasteiger partial charge in [0, 0.05) is 36.4 Å². The van der Waals surface area contributed by atoms with Crippen molar-refractivity contribution in [3.63, 3.8) is 0 Å². The normalized spacial score (nSPS) is 10.9. The van der Waals surface area contributed by atoms with Crippen LogP contribution in [0.5, 0.6) is 0 Å². The lowest BCUT2D eigenvalue weighted by atomic mass is 10.1. The molecule has 0 bridgehead atoms. The Balaban J connectivity index is 2.56. The molecule has 0 saturated carbocycles. The van der Waals surface area contributed by atoms with Crippen LogP contribution in [0.2, 0.25) is 5.02 Å². The Labute approximate surface area is 109 Å². The fourth-order valence-corrected chi connectivity index (χ4v) is 1.95. The predicted octanol–water partition coefficient (Wildman–Crippen LogP) is 2.61. The molecule has 1 heterocycles. The number of nitrogens with zero attached hydrogens (tertiary/aromatic N) is 2. The van der Waals surface area contributed by atoms with Crippen molar-refractivity contribution in [2.24, 2.45) is 7.05 Å². The molecule has 0 aliphatic heterocycles. The minimum absolute atomic E-state index is 0.154. The Bertz CT molecular complexity index is 563. The Morgan fingerprint density at radius 1 is 1.44 bits per heavy atom. The van der Waals surface area contributed by atoms with Crippen LogP contribution in [0.25, 0.3) is 11.3 Å². The molecule has 0 aliphatic rings. The molecule has 18 heavy (non-hydrogen) atoms. The Hall–Kier alpha value is -1.59. The van der Waals surface area contributed by atoms with E-state index in [-0.39, 0.29) is 12.4 Å². The SMILES string of the molecule is COCc1cc(Cl)cc(-c2cc(N)n(C)n2)c1F. The van der Waals surface area contributed by atoms with Gasteiger partial charge in [0.1, 0.15) is 11.6 Å². The third-order valence-corrected chi connectivity index (χ3v) is 2.82. The van der Waals surface area contributed by atoms with Crippen molar-refractivity contribution in [2.45, 2.75) is 6.61 Å².